The van der Waals surface area contributed by atoms with E-state index in [1.807, 2.05) is 12.1 Å². The number of hydrogen-bond acceptors (Lipinski definition) is 2. The maximum Gasteiger partial charge on any atom is 0.186 e. The van der Waals surface area contributed by atoms with Gasteiger partial charge in [0.15, 0.2) is 5.96 Å². The van der Waals surface area contributed by atoms with E-state index in [2.05, 4.69) is 17.1 Å². The van der Waals surface area contributed by atoms with Crippen molar-refractivity contribution in [3.8, 4) is 5.75 Å². The standard InChI is InChI=1S/C11H15N3O/c1-15-8-4-2-7(3-5-8)9-6-10(9)14-11(12)13/h2-5,9-10H,6H2,1H3,(H4,12,13,14)/t9-,10+/m1/s1. The summed E-state index contributed by atoms with van der Waals surface area (Å²) >= 11 is 0. The highest BCUT2D eigenvalue weighted by Crippen LogP contribution is 2.43. The maximum atomic E-state index is 5.33. The van der Waals surface area contributed by atoms with E-state index < -0.39 is 0 Å². The summed E-state index contributed by atoms with van der Waals surface area (Å²) in [6, 6.07) is 8.31. The Balaban J connectivity index is 2.04. The highest BCUT2D eigenvalue weighted by Gasteiger charge is 2.38. The van der Waals surface area contributed by atoms with Crippen LogP contribution in [0.4, 0.5) is 0 Å². The second-order valence-electron chi connectivity index (χ2n) is 3.74. The lowest BCUT2D eigenvalue weighted by atomic mass is 10.1. The summed E-state index contributed by atoms with van der Waals surface area (Å²) in [4.78, 5) is 4.13. The monoisotopic (exact) mass is 205 g/mol. The molecule has 0 spiro atoms. The van der Waals surface area contributed by atoms with Crippen LogP contribution in [0, 0.1) is 0 Å². The van der Waals surface area contributed by atoms with E-state index in [9.17, 15) is 0 Å². The van der Waals surface area contributed by atoms with E-state index in [0.717, 1.165) is 12.2 Å². The number of methoxy groups -OCH3 is 1. The molecule has 4 N–H and O–H groups in total. The zero-order valence-electron chi connectivity index (χ0n) is 8.68. The van der Waals surface area contributed by atoms with E-state index in [1.54, 1.807) is 7.11 Å². The first kappa shape index (κ1) is 9.83. The van der Waals surface area contributed by atoms with Crippen molar-refractivity contribution in [1.29, 1.82) is 0 Å². The van der Waals surface area contributed by atoms with Gasteiger partial charge in [-0.3, -0.25) is 0 Å². The summed E-state index contributed by atoms with van der Waals surface area (Å²) in [5, 5.41) is 0. The Labute approximate surface area is 88.9 Å². The van der Waals surface area contributed by atoms with E-state index in [4.69, 9.17) is 16.2 Å². The Kier molecular flexibility index (Phi) is 2.49. The minimum atomic E-state index is 0.177. The van der Waals surface area contributed by atoms with Crippen molar-refractivity contribution in [2.75, 3.05) is 7.11 Å². The zero-order valence-corrected chi connectivity index (χ0v) is 8.68. The highest BCUT2D eigenvalue weighted by atomic mass is 16.5. The van der Waals surface area contributed by atoms with Gasteiger partial charge in [-0.25, -0.2) is 4.99 Å². The Bertz CT molecular complexity index is 368. The molecule has 0 unspecified atom stereocenters. The quantitative estimate of drug-likeness (QED) is 0.567. The van der Waals surface area contributed by atoms with Crippen molar-refractivity contribution >= 4 is 5.96 Å². The van der Waals surface area contributed by atoms with Crippen LogP contribution in [0.15, 0.2) is 29.3 Å². The van der Waals surface area contributed by atoms with Crippen molar-refractivity contribution in [3.05, 3.63) is 29.8 Å². The second kappa shape index (κ2) is 3.81. The van der Waals surface area contributed by atoms with Crippen LogP contribution in [0.3, 0.4) is 0 Å². The van der Waals surface area contributed by atoms with Crippen molar-refractivity contribution in [1.82, 2.24) is 0 Å². The van der Waals surface area contributed by atoms with Crippen molar-refractivity contribution < 1.29 is 4.74 Å². The van der Waals surface area contributed by atoms with Crippen molar-refractivity contribution in [3.63, 3.8) is 0 Å². The molecule has 4 heteroatoms. The van der Waals surface area contributed by atoms with E-state index in [0.29, 0.717) is 5.92 Å². The molecule has 1 aliphatic carbocycles. The molecule has 4 nitrogen and oxygen atoms in total. The topological polar surface area (TPSA) is 73.6 Å². The van der Waals surface area contributed by atoms with Gasteiger partial charge in [-0.1, -0.05) is 12.1 Å². The van der Waals surface area contributed by atoms with Gasteiger partial charge in [0.1, 0.15) is 5.75 Å². The molecular formula is C11H15N3O. The number of benzene rings is 1. The van der Waals surface area contributed by atoms with Crippen LogP contribution in [-0.4, -0.2) is 19.1 Å². The average molecular weight is 205 g/mol. The van der Waals surface area contributed by atoms with Crippen molar-refractivity contribution in [2.24, 2.45) is 16.5 Å². The van der Waals surface area contributed by atoms with E-state index >= 15 is 0 Å². The number of aliphatic imine (C=N–C) groups is 1. The van der Waals surface area contributed by atoms with Crippen LogP contribution in [-0.2, 0) is 0 Å². The fourth-order valence-corrected chi connectivity index (χ4v) is 1.73. The van der Waals surface area contributed by atoms with Gasteiger partial charge in [-0.15, -0.1) is 0 Å². The number of nitrogens with zero attached hydrogens (tertiary/aromatic N) is 1. The molecule has 0 bridgehead atoms. The summed E-state index contributed by atoms with van der Waals surface area (Å²) in [5.41, 5.74) is 11.9. The molecule has 80 valence electrons. The predicted octanol–water partition coefficient (Wildman–Crippen LogP) is 0.825. The first-order valence-electron chi connectivity index (χ1n) is 4.93. The summed E-state index contributed by atoms with van der Waals surface area (Å²) in [6.07, 6.45) is 1.03. The summed E-state index contributed by atoms with van der Waals surface area (Å²) < 4.78 is 5.09. The van der Waals surface area contributed by atoms with Crippen LogP contribution in [0.2, 0.25) is 0 Å². The number of hydrogen-bond donors (Lipinski definition) is 2. The number of ether oxygens (including phenoxy) is 1. The Morgan fingerprint density at radius 1 is 1.33 bits per heavy atom. The summed E-state index contributed by atoms with van der Waals surface area (Å²) in [5.74, 6) is 1.52. The van der Waals surface area contributed by atoms with Crippen LogP contribution < -0.4 is 16.2 Å². The van der Waals surface area contributed by atoms with Crippen LogP contribution in [0.25, 0.3) is 0 Å². The molecule has 15 heavy (non-hydrogen) atoms. The van der Waals surface area contributed by atoms with E-state index in [-0.39, 0.29) is 12.0 Å². The lowest BCUT2D eigenvalue weighted by molar-refractivity contribution is 0.414. The smallest absolute Gasteiger partial charge is 0.186 e. The molecule has 0 amide bonds. The summed E-state index contributed by atoms with van der Waals surface area (Å²) in [7, 11) is 1.66. The van der Waals surface area contributed by atoms with Gasteiger partial charge in [0.25, 0.3) is 0 Å². The van der Waals surface area contributed by atoms with Gasteiger partial charge >= 0.3 is 0 Å². The number of nitrogens with two attached hydrogens (primary N) is 2. The fraction of sp³-hybridized carbons (Fsp3) is 0.364. The Morgan fingerprint density at radius 3 is 2.53 bits per heavy atom. The molecule has 2 rings (SSSR count). The van der Waals surface area contributed by atoms with E-state index in [1.165, 1.54) is 5.56 Å². The van der Waals surface area contributed by atoms with Crippen LogP contribution >= 0.6 is 0 Å². The SMILES string of the molecule is COc1ccc([C@H]2C[C@@H]2N=C(N)N)cc1. The lowest BCUT2D eigenvalue weighted by Gasteiger charge is -2.01. The molecule has 0 saturated heterocycles. The van der Waals surface area contributed by atoms with Crippen molar-refractivity contribution in [2.45, 2.75) is 18.4 Å². The third-order valence-electron chi connectivity index (χ3n) is 2.62. The molecule has 0 heterocycles. The average Bonchev–Trinajstić information content (AvgIpc) is 2.96. The molecule has 2 atom stereocenters. The lowest BCUT2D eigenvalue weighted by Crippen LogP contribution is -2.23. The molecule has 0 aromatic heterocycles. The van der Waals surface area contributed by atoms with Crippen LogP contribution in [0.1, 0.15) is 17.9 Å². The van der Waals surface area contributed by atoms with Gasteiger partial charge < -0.3 is 16.2 Å². The highest BCUT2D eigenvalue weighted by molar-refractivity contribution is 5.76. The molecule has 0 aliphatic heterocycles. The zero-order chi connectivity index (χ0) is 10.8. The van der Waals surface area contributed by atoms with Gasteiger partial charge in [0, 0.05) is 5.92 Å². The molecule has 0 radical (unpaired) electrons. The number of rotatable bonds is 3. The molecule has 1 aromatic carbocycles. The Hall–Kier alpha value is -1.71. The molecule has 1 aromatic rings. The van der Waals surface area contributed by atoms with Gasteiger partial charge in [0.05, 0.1) is 13.2 Å². The molecular weight excluding hydrogens is 190 g/mol. The van der Waals surface area contributed by atoms with Crippen LogP contribution in [0.5, 0.6) is 5.75 Å². The molecule has 1 saturated carbocycles. The first-order valence-corrected chi connectivity index (χ1v) is 4.93. The second-order valence-corrected chi connectivity index (χ2v) is 3.74. The van der Waals surface area contributed by atoms with Gasteiger partial charge in [0.2, 0.25) is 0 Å². The maximum absolute atomic E-state index is 5.33. The largest absolute Gasteiger partial charge is 0.497 e. The molecule has 1 fully saturated rings. The minimum absolute atomic E-state index is 0.177. The Morgan fingerprint density at radius 2 is 2.00 bits per heavy atom. The predicted molar refractivity (Wildman–Crippen MR) is 59.9 cm³/mol. The van der Waals surface area contributed by atoms with Gasteiger partial charge in [-0.2, -0.15) is 0 Å². The third-order valence-corrected chi connectivity index (χ3v) is 2.62. The minimum Gasteiger partial charge on any atom is -0.497 e. The van der Waals surface area contributed by atoms with Gasteiger partial charge in [-0.05, 0) is 24.1 Å². The third kappa shape index (κ3) is 2.21. The summed E-state index contributed by atoms with van der Waals surface area (Å²) in [6.45, 7) is 0. The normalized spacial score (nSPS) is 23.3. The fourth-order valence-electron chi connectivity index (χ4n) is 1.73. The first-order chi connectivity index (χ1) is 7.20. The molecule has 1 aliphatic rings. The number of guanidine groups is 1.